The van der Waals surface area contributed by atoms with E-state index >= 15 is 0 Å². The van der Waals surface area contributed by atoms with Crippen LogP contribution in [0.5, 0.6) is 0 Å². The van der Waals surface area contributed by atoms with Crippen molar-refractivity contribution in [1.29, 1.82) is 0 Å². The maximum atomic E-state index is 14.2. The Bertz CT molecular complexity index is 1260. The second kappa shape index (κ2) is 7.42. The maximum absolute atomic E-state index is 14.2. The van der Waals surface area contributed by atoms with Crippen LogP contribution in [-0.2, 0) is 5.66 Å². The van der Waals surface area contributed by atoms with Gasteiger partial charge in [0.05, 0.1) is 12.1 Å². The highest BCUT2D eigenvalue weighted by atomic mass is 35.5. The predicted octanol–water partition coefficient (Wildman–Crippen LogP) is 5.60. The quantitative estimate of drug-likeness (QED) is 0.499. The van der Waals surface area contributed by atoms with Gasteiger partial charge in [-0.1, -0.05) is 54.8 Å². The lowest BCUT2D eigenvalue weighted by Crippen LogP contribution is -2.53. The molecule has 2 fully saturated rings. The molecule has 1 saturated carbocycles. The van der Waals surface area contributed by atoms with Gasteiger partial charge in [0.2, 0.25) is 0 Å². The molecule has 3 aliphatic rings. The van der Waals surface area contributed by atoms with Gasteiger partial charge in [-0.3, -0.25) is 9.59 Å². The molecule has 1 aliphatic carbocycles. The summed E-state index contributed by atoms with van der Waals surface area (Å²) in [5, 5.41) is 0.589. The van der Waals surface area contributed by atoms with Crippen molar-refractivity contribution in [1.82, 2.24) is 9.80 Å². The minimum atomic E-state index is -1.07. The fourth-order valence-corrected chi connectivity index (χ4v) is 6.22. The lowest BCUT2D eigenvalue weighted by atomic mass is 9.87. The zero-order valence-electron chi connectivity index (χ0n) is 17.9. The molecular weight excluding hydrogens is 439 g/mol. The van der Waals surface area contributed by atoms with Crippen molar-refractivity contribution in [2.24, 2.45) is 0 Å². The average Bonchev–Trinajstić information content (AvgIpc) is 3.29. The van der Waals surface area contributed by atoms with Crippen LogP contribution in [0, 0.1) is 5.82 Å². The Kier molecular flexibility index (Phi) is 4.59. The first-order valence-electron chi connectivity index (χ1n) is 11.3. The molecule has 2 aliphatic heterocycles. The van der Waals surface area contributed by atoms with E-state index in [0.29, 0.717) is 16.1 Å². The second-order valence-corrected chi connectivity index (χ2v) is 9.44. The van der Waals surface area contributed by atoms with E-state index in [1.54, 1.807) is 12.1 Å². The molecule has 33 heavy (non-hydrogen) atoms. The molecule has 3 unspecified atom stereocenters. The van der Waals surface area contributed by atoms with E-state index in [4.69, 9.17) is 11.6 Å². The summed E-state index contributed by atoms with van der Waals surface area (Å²) in [4.78, 5) is 31.8. The molecule has 0 aromatic heterocycles. The van der Waals surface area contributed by atoms with Gasteiger partial charge < -0.3 is 9.80 Å². The van der Waals surface area contributed by atoms with E-state index in [0.717, 1.165) is 36.8 Å². The zero-order chi connectivity index (χ0) is 22.7. The molecule has 1 saturated heterocycles. The molecule has 0 N–H and O–H groups in total. The van der Waals surface area contributed by atoms with Gasteiger partial charge in [-0.2, -0.15) is 0 Å². The Morgan fingerprint density at radius 1 is 0.909 bits per heavy atom. The summed E-state index contributed by atoms with van der Waals surface area (Å²) in [6, 6.07) is 20.4. The molecule has 166 valence electrons. The van der Waals surface area contributed by atoms with Gasteiger partial charge in [-0.05, 0) is 55.3 Å². The molecule has 2 amide bonds. The minimum Gasteiger partial charge on any atom is -0.302 e. The second-order valence-electron chi connectivity index (χ2n) is 9.00. The van der Waals surface area contributed by atoms with Crippen LogP contribution >= 0.6 is 11.6 Å². The van der Waals surface area contributed by atoms with Gasteiger partial charge in [0.25, 0.3) is 11.8 Å². The van der Waals surface area contributed by atoms with Crippen LogP contribution in [0.2, 0.25) is 5.02 Å². The van der Waals surface area contributed by atoms with E-state index in [1.165, 1.54) is 24.3 Å². The van der Waals surface area contributed by atoms with Crippen molar-refractivity contribution >= 4 is 23.4 Å². The maximum Gasteiger partial charge on any atom is 0.257 e. The first-order valence-corrected chi connectivity index (χ1v) is 11.7. The van der Waals surface area contributed by atoms with E-state index in [2.05, 4.69) is 0 Å². The molecule has 6 heteroatoms. The number of amides is 2. The van der Waals surface area contributed by atoms with Gasteiger partial charge in [0.1, 0.15) is 5.82 Å². The van der Waals surface area contributed by atoms with Crippen molar-refractivity contribution in [2.45, 2.75) is 43.4 Å². The molecule has 3 aromatic rings. The van der Waals surface area contributed by atoms with Gasteiger partial charge >= 0.3 is 0 Å². The summed E-state index contributed by atoms with van der Waals surface area (Å²) >= 11 is 6.22. The number of carbonyl (C=O) groups is 2. The smallest absolute Gasteiger partial charge is 0.257 e. The Hall–Kier alpha value is -3.18. The largest absolute Gasteiger partial charge is 0.302 e. The first-order chi connectivity index (χ1) is 16.0. The average molecular weight is 461 g/mol. The van der Waals surface area contributed by atoms with Crippen LogP contribution in [0.3, 0.4) is 0 Å². The number of fused-ring (bicyclic) bond motifs is 5. The number of nitrogens with zero attached hydrogens (tertiary/aromatic N) is 2. The van der Waals surface area contributed by atoms with Gasteiger partial charge in [0.15, 0.2) is 5.66 Å². The molecule has 3 atom stereocenters. The van der Waals surface area contributed by atoms with Crippen LogP contribution in [0.25, 0.3) is 0 Å². The third-order valence-electron chi connectivity index (χ3n) is 7.36. The third kappa shape index (κ3) is 2.75. The lowest BCUT2D eigenvalue weighted by molar-refractivity contribution is 0.0299. The number of hydrogen-bond donors (Lipinski definition) is 0. The van der Waals surface area contributed by atoms with Gasteiger partial charge in [-0.25, -0.2) is 4.39 Å². The molecule has 4 nitrogen and oxygen atoms in total. The molecule has 6 rings (SSSR count). The van der Waals surface area contributed by atoms with Crippen LogP contribution < -0.4 is 0 Å². The fraction of sp³-hybridized carbons (Fsp3) is 0.259. The summed E-state index contributed by atoms with van der Waals surface area (Å²) < 4.78 is 13.6. The minimum absolute atomic E-state index is 0.0492. The Labute approximate surface area is 196 Å². The molecule has 0 radical (unpaired) electrons. The normalized spacial score (nSPS) is 25.6. The van der Waals surface area contributed by atoms with E-state index in [-0.39, 0.29) is 29.7 Å². The summed E-state index contributed by atoms with van der Waals surface area (Å²) in [6.45, 7) is 0. The highest BCUT2D eigenvalue weighted by Crippen LogP contribution is 2.56. The number of halogens is 2. The Morgan fingerprint density at radius 2 is 1.58 bits per heavy atom. The molecule has 3 aromatic carbocycles. The molecule has 2 heterocycles. The number of rotatable bonds is 2. The summed E-state index contributed by atoms with van der Waals surface area (Å²) in [5.74, 6) is -0.639. The molecular formula is C27H22ClFN2O2. The van der Waals surface area contributed by atoms with E-state index in [9.17, 15) is 14.0 Å². The summed E-state index contributed by atoms with van der Waals surface area (Å²) in [6.07, 6.45) is 3.66. The van der Waals surface area contributed by atoms with Crippen LogP contribution in [0.15, 0.2) is 72.8 Å². The first kappa shape index (κ1) is 20.4. The van der Waals surface area contributed by atoms with Crippen LogP contribution in [-0.4, -0.2) is 33.7 Å². The number of benzene rings is 3. The molecule has 0 spiro atoms. The van der Waals surface area contributed by atoms with Gasteiger partial charge in [0, 0.05) is 27.3 Å². The number of carbonyl (C=O) groups excluding carboxylic acids is 2. The standard InChI is InChI=1S/C27H22ClFN2O2/c28-19-13-11-18(12-14-19)27-22-6-2-1-5-21(22)26(33)31(27)24-8-4-3-7-23(24)30(27)25(32)17-9-15-20(29)16-10-17/h1-2,5-6,9-16,23-24H,3-4,7-8H2. The topological polar surface area (TPSA) is 40.6 Å². The highest BCUT2D eigenvalue weighted by molar-refractivity contribution is 6.30. The Morgan fingerprint density at radius 3 is 2.30 bits per heavy atom. The van der Waals surface area contributed by atoms with Crippen molar-refractivity contribution < 1.29 is 14.0 Å². The van der Waals surface area contributed by atoms with Crippen molar-refractivity contribution in [3.05, 3.63) is 106 Å². The number of hydrogen-bond acceptors (Lipinski definition) is 2. The van der Waals surface area contributed by atoms with E-state index < -0.39 is 5.66 Å². The third-order valence-corrected chi connectivity index (χ3v) is 7.62. The van der Waals surface area contributed by atoms with Crippen molar-refractivity contribution in [3.63, 3.8) is 0 Å². The fourth-order valence-electron chi connectivity index (χ4n) is 6.10. The van der Waals surface area contributed by atoms with Crippen LogP contribution in [0.4, 0.5) is 4.39 Å². The van der Waals surface area contributed by atoms with Crippen LogP contribution in [0.1, 0.15) is 57.5 Å². The molecule has 0 bridgehead atoms. The summed E-state index contributed by atoms with van der Waals surface area (Å²) in [5.41, 5.74) is 1.60. The van der Waals surface area contributed by atoms with Crippen molar-refractivity contribution in [2.75, 3.05) is 0 Å². The monoisotopic (exact) mass is 460 g/mol. The summed E-state index contributed by atoms with van der Waals surface area (Å²) in [7, 11) is 0. The zero-order valence-corrected chi connectivity index (χ0v) is 18.6. The SMILES string of the molecule is O=C(c1ccc(F)cc1)N1C2CCCCC2N2C(=O)c3ccccc3C12c1ccc(Cl)cc1. The van der Waals surface area contributed by atoms with Crippen molar-refractivity contribution in [3.8, 4) is 0 Å². The van der Waals surface area contributed by atoms with E-state index in [1.807, 2.05) is 46.2 Å². The predicted molar refractivity (Wildman–Crippen MR) is 123 cm³/mol. The van der Waals surface area contributed by atoms with Gasteiger partial charge in [-0.15, -0.1) is 0 Å². The lowest BCUT2D eigenvalue weighted by Gasteiger charge is -2.42. The highest BCUT2D eigenvalue weighted by Gasteiger charge is 2.66. The Balaban J connectivity index is 1.65.